The summed E-state index contributed by atoms with van der Waals surface area (Å²) >= 11 is 0. The molecule has 4 heterocycles. The van der Waals surface area contributed by atoms with Gasteiger partial charge in [0.2, 0.25) is 0 Å². The van der Waals surface area contributed by atoms with Gasteiger partial charge in [-0.1, -0.05) is 24.3 Å². The van der Waals surface area contributed by atoms with Crippen molar-refractivity contribution < 1.29 is 33.2 Å². The molecule has 6 rings (SSSR count). The van der Waals surface area contributed by atoms with Crippen LogP contribution in [0.4, 0.5) is 8.78 Å². The lowest BCUT2D eigenvalue weighted by molar-refractivity contribution is 0.00706. The molecule has 4 atom stereocenters. The molecular formula is C24H20F2N4O5. The third-order valence-electron chi connectivity index (χ3n) is 6.25. The zero-order chi connectivity index (χ0) is 24.1. The molecule has 2 aromatic carbocycles. The number of aliphatic hydroxyl groups is 2. The summed E-state index contributed by atoms with van der Waals surface area (Å²) in [5.41, 5.74) is 1.68. The lowest BCUT2D eigenvalue weighted by Gasteiger charge is -2.15. The maximum Gasteiger partial charge on any atom is 0.295 e. The Morgan fingerprint density at radius 1 is 1.00 bits per heavy atom. The van der Waals surface area contributed by atoms with Gasteiger partial charge in [-0.15, -0.1) is 0 Å². The molecular weight excluding hydrogens is 462 g/mol. The predicted molar refractivity (Wildman–Crippen MR) is 118 cm³/mol. The van der Waals surface area contributed by atoms with Crippen molar-refractivity contribution in [3.05, 3.63) is 60.2 Å². The first-order valence-corrected chi connectivity index (χ1v) is 11.0. The molecule has 11 heteroatoms. The van der Waals surface area contributed by atoms with E-state index in [9.17, 15) is 9.50 Å². The van der Waals surface area contributed by atoms with Gasteiger partial charge in [-0.25, -0.2) is 18.7 Å². The Morgan fingerprint density at radius 2 is 1.71 bits per heavy atom. The third-order valence-corrected chi connectivity index (χ3v) is 6.25. The molecule has 0 spiro atoms. The average molecular weight is 482 g/mol. The molecule has 35 heavy (non-hydrogen) atoms. The Kier molecular flexibility index (Phi) is 5.41. The van der Waals surface area contributed by atoms with Gasteiger partial charge in [-0.3, -0.25) is 0 Å². The monoisotopic (exact) mass is 482 g/mol. The Balaban J connectivity index is 1.28. The highest BCUT2D eigenvalue weighted by molar-refractivity contribution is 5.84. The summed E-state index contributed by atoms with van der Waals surface area (Å²) < 4.78 is 47.2. The van der Waals surface area contributed by atoms with Crippen LogP contribution in [0.5, 0.6) is 6.01 Å². The maximum absolute atomic E-state index is 15.4. The van der Waals surface area contributed by atoms with Crippen LogP contribution in [-0.4, -0.2) is 67.8 Å². The number of hydrogen-bond donors (Lipinski definition) is 3. The van der Waals surface area contributed by atoms with Crippen LogP contribution in [0.3, 0.4) is 0 Å². The zero-order valence-corrected chi connectivity index (χ0v) is 18.2. The lowest BCUT2D eigenvalue weighted by Crippen LogP contribution is -2.34. The van der Waals surface area contributed by atoms with Gasteiger partial charge >= 0.3 is 0 Å². The number of nitrogens with one attached hydrogen (secondary N) is 1. The van der Waals surface area contributed by atoms with Crippen molar-refractivity contribution in [1.82, 2.24) is 19.9 Å². The number of nitrogens with zero attached hydrogens (tertiary/aromatic N) is 3. The Bertz CT molecular complexity index is 1380. The van der Waals surface area contributed by atoms with E-state index in [0.717, 1.165) is 5.56 Å². The number of ether oxygens (including phenoxy) is 3. The van der Waals surface area contributed by atoms with Crippen molar-refractivity contribution in [3.8, 4) is 28.3 Å². The summed E-state index contributed by atoms with van der Waals surface area (Å²) in [5.74, 6) is -1.26. The van der Waals surface area contributed by atoms with E-state index < -0.39 is 36.1 Å². The molecule has 9 nitrogen and oxygen atoms in total. The second-order valence-corrected chi connectivity index (χ2v) is 8.43. The largest absolute Gasteiger partial charge is 0.456 e. The molecule has 4 aromatic rings. The van der Waals surface area contributed by atoms with Crippen molar-refractivity contribution in [2.45, 2.75) is 31.0 Å². The van der Waals surface area contributed by atoms with Gasteiger partial charge in [-0.2, -0.15) is 4.98 Å². The van der Waals surface area contributed by atoms with E-state index in [0.29, 0.717) is 17.0 Å². The third kappa shape index (κ3) is 3.82. The Labute approximate surface area is 197 Å². The van der Waals surface area contributed by atoms with Crippen molar-refractivity contribution in [1.29, 1.82) is 0 Å². The minimum atomic E-state index is -0.817. The molecule has 180 valence electrons. The number of imidazole rings is 1. The molecule has 0 radical (unpaired) electrons. The normalized spacial score (nSPS) is 23.7. The van der Waals surface area contributed by atoms with Gasteiger partial charge in [0.25, 0.3) is 6.01 Å². The number of aromatic amines is 1. The fourth-order valence-corrected chi connectivity index (χ4v) is 4.48. The van der Waals surface area contributed by atoms with Crippen LogP contribution in [0.1, 0.15) is 5.82 Å². The van der Waals surface area contributed by atoms with Gasteiger partial charge < -0.3 is 29.4 Å². The maximum atomic E-state index is 15.4. The summed E-state index contributed by atoms with van der Waals surface area (Å²) in [6.45, 7) is 0.0799. The fraction of sp³-hybridized carbons (Fsp3) is 0.292. The topological polar surface area (TPSA) is 123 Å². The minimum Gasteiger partial charge on any atom is -0.456 e. The quantitative estimate of drug-likeness (QED) is 0.396. The lowest BCUT2D eigenvalue weighted by atomic mass is 10.0. The highest BCUT2D eigenvalue weighted by atomic mass is 19.1. The van der Waals surface area contributed by atoms with Crippen LogP contribution in [0.15, 0.2) is 42.7 Å². The summed E-state index contributed by atoms with van der Waals surface area (Å²) in [5, 5.41) is 18.9. The van der Waals surface area contributed by atoms with Gasteiger partial charge in [0, 0.05) is 24.0 Å². The predicted octanol–water partition coefficient (Wildman–Crippen LogP) is 2.36. The smallest absolute Gasteiger partial charge is 0.295 e. The first-order chi connectivity index (χ1) is 17.0. The van der Waals surface area contributed by atoms with Gasteiger partial charge in [-0.05, 0) is 11.1 Å². The Hall–Kier alpha value is -3.51. The van der Waals surface area contributed by atoms with Gasteiger partial charge in [0.1, 0.15) is 36.3 Å². The van der Waals surface area contributed by atoms with Crippen LogP contribution in [0.2, 0.25) is 0 Å². The highest BCUT2D eigenvalue weighted by Gasteiger charge is 2.48. The SMILES string of the molecule is OCc1ncc(-c2ccc(-c3c(F)cc4[nH]c(O[C@@H]5CO[C@H]6[C@@H]5OC[C@H]6O)nc4c3F)cc2)cn1. The van der Waals surface area contributed by atoms with E-state index in [-0.39, 0.29) is 42.4 Å². The van der Waals surface area contributed by atoms with Crippen LogP contribution >= 0.6 is 0 Å². The van der Waals surface area contributed by atoms with Crippen molar-refractivity contribution >= 4 is 11.0 Å². The van der Waals surface area contributed by atoms with Crippen molar-refractivity contribution in [2.24, 2.45) is 0 Å². The summed E-state index contributed by atoms with van der Waals surface area (Å²) in [4.78, 5) is 15.1. The first kappa shape index (κ1) is 22.0. The second kappa shape index (κ2) is 8.61. The average Bonchev–Trinajstić information content (AvgIpc) is 3.57. The summed E-state index contributed by atoms with van der Waals surface area (Å²) in [6.07, 6.45) is 0.943. The van der Waals surface area contributed by atoms with Crippen LogP contribution < -0.4 is 4.74 Å². The highest BCUT2D eigenvalue weighted by Crippen LogP contribution is 2.34. The number of rotatable bonds is 5. The van der Waals surface area contributed by atoms with Gasteiger partial charge in [0.05, 0.1) is 24.3 Å². The number of aliphatic hydroxyl groups excluding tert-OH is 2. The Morgan fingerprint density at radius 3 is 2.46 bits per heavy atom. The molecule has 0 aliphatic carbocycles. The number of fused-ring (bicyclic) bond motifs is 2. The standard InChI is InChI=1S/C24H20F2N4O5/c25-14-5-15-21(30-24(29-15)35-17-10-34-22-16(32)9-33-23(17)22)20(26)19(14)12-3-1-11(2-4-12)13-6-27-18(8-31)28-7-13/h1-7,16-17,22-23,31-32H,8-10H2,(H,29,30)/t16-,17-,22-,23-/m1/s1. The fourth-order valence-electron chi connectivity index (χ4n) is 4.48. The van der Waals surface area contributed by atoms with Gasteiger partial charge in [0.15, 0.2) is 17.7 Å². The van der Waals surface area contributed by atoms with Crippen molar-refractivity contribution in [2.75, 3.05) is 13.2 Å². The van der Waals surface area contributed by atoms with E-state index >= 15 is 4.39 Å². The molecule has 2 fully saturated rings. The number of benzene rings is 2. The molecule has 2 aromatic heterocycles. The molecule has 2 aliphatic rings. The summed E-state index contributed by atoms with van der Waals surface area (Å²) in [7, 11) is 0. The van der Waals surface area contributed by atoms with Crippen LogP contribution in [0, 0.1) is 11.6 Å². The molecule has 2 saturated heterocycles. The molecule has 0 unspecified atom stereocenters. The molecule has 0 amide bonds. The number of halogens is 2. The van der Waals surface area contributed by atoms with E-state index in [1.54, 1.807) is 36.7 Å². The van der Waals surface area contributed by atoms with E-state index in [1.807, 2.05) is 0 Å². The molecule has 2 aliphatic heterocycles. The number of H-pyrrole nitrogens is 1. The van der Waals surface area contributed by atoms with E-state index in [2.05, 4.69) is 19.9 Å². The first-order valence-electron chi connectivity index (χ1n) is 11.0. The molecule has 3 N–H and O–H groups in total. The van der Waals surface area contributed by atoms with E-state index in [1.165, 1.54) is 6.07 Å². The number of aromatic nitrogens is 4. The number of hydrogen-bond acceptors (Lipinski definition) is 8. The summed E-state index contributed by atoms with van der Waals surface area (Å²) in [6, 6.07) is 7.81. The molecule has 0 saturated carbocycles. The minimum absolute atomic E-state index is 0.0105. The second-order valence-electron chi connectivity index (χ2n) is 8.43. The van der Waals surface area contributed by atoms with E-state index in [4.69, 9.17) is 19.3 Å². The molecule has 0 bridgehead atoms. The van der Waals surface area contributed by atoms with Crippen LogP contribution in [-0.2, 0) is 16.1 Å². The van der Waals surface area contributed by atoms with Crippen molar-refractivity contribution in [3.63, 3.8) is 0 Å². The zero-order valence-electron chi connectivity index (χ0n) is 18.2. The van der Waals surface area contributed by atoms with Crippen LogP contribution in [0.25, 0.3) is 33.3 Å².